The van der Waals surface area contributed by atoms with Gasteiger partial charge in [-0.2, -0.15) is 0 Å². The van der Waals surface area contributed by atoms with Crippen LogP contribution in [0.15, 0.2) is 12.2 Å². The van der Waals surface area contributed by atoms with Crippen LogP contribution in [0.5, 0.6) is 0 Å². The SMILES string of the molecule is C/C=C/CN1C(=O)C(CC)NC(=O)C1C1CC1. The number of hydrogen-bond donors (Lipinski definition) is 1. The zero-order valence-electron chi connectivity index (χ0n) is 10.5. The Kier molecular flexibility index (Phi) is 3.50. The summed E-state index contributed by atoms with van der Waals surface area (Å²) < 4.78 is 0. The molecule has 2 amide bonds. The van der Waals surface area contributed by atoms with Gasteiger partial charge in [-0.05, 0) is 32.1 Å². The molecule has 2 unspecified atom stereocenters. The number of hydrogen-bond acceptors (Lipinski definition) is 2. The van der Waals surface area contributed by atoms with Gasteiger partial charge in [-0.15, -0.1) is 0 Å². The van der Waals surface area contributed by atoms with Gasteiger partial charge in [-0.1, -0.05) is 19.1 Å². The van der Waals surface area contributed by atoms with Crippen molar-refractivity contribution < 1.29 is 9.59 Å². The molecule has 2 aliphatic rings. The minimum absolute atomic E-state index is 0.0310. The van der Waals surface area contributed by atoms with Crippen molar-refractivity contribution in [1.82, 2.24) is 10.2 Å². The lowest BCUT2D eigenvalue weighted by molar-refractivity contribution is -0.149. The Balaban J connectivity index is 2.17. The quantitative estimate of drug-likeness (QED) is 0.742. The number of nitrogens with zero attached hydrogens (tertiary/aromatic N) is 1. The molecule has 17 heavy (non-hydrogen) atoms. The molecule has 0 aromatic rings. The maximum Gasteiger partial charge on any atom is 0.246 e. The Bertz CT molecular complexity index is 347. The van der Waals surface area contributed by atoms with Crippen molar-refractivity contribution in [2.24, 2.45) is 5.92 Å². The zero-order chi connectivity index (χ0) is 12.4. The third kappa shape index (κ3) is 2.35. The molecule has 2 rings (SSSR count). The summed E-state index contributed by atoms with van der Waals surface area (Å²) in [5.41, 5.74) is 0. The number of rotatable bonds is 4. The fourth-order valence-corrected chi connectivity index (χ4v) is 2.38. The van der Waals surface area contributed by atoms with Crippen LogP contribution in [0.2, 0.25) is 0 Å². The van der Waals surface area contributed by atoms with Gasteiger partial charge in [-0.25, -0.2) is 0 Å². The Hall–Kier alpha value is -1.32. The molecule has 1 N–H and O–H groups in total. The van der Waals surface area contributed by atoms with Crippen molar-refractivity contribution in [3.8, 4) is 0 Å². The summed E-state index contributed by atoms with van der Waals surface area (Å²) in [6.45, 7) is 4.41. The van der Waals surface area contributed by atoms with E-state index in [-0.39, 0.29) is 23.9 Å². The van der Waals surface area contributed by atoms with Crippen LogP contribution in [0.4, 0.5) is 0 Å². The molecule has 1 heterocycles. The van der Waals surface area contributed by atoms with E-state index in [1.165, 1.54) is 0 Å². The van der Waals surface area contributed by atoms with Crippen molar-refractivity contribution in [3.05, 3.63) is 12.2 Å². The third-order valence-electron chi connectivity index (χ3n) is 3.52. The monoisotopic (exact) mass is 236 g/mol. The molecule has 0 aromatic carbocycles. The molecule has 1 aliphatic carbocycles. The Morgan fingerprint density at radius 1 is 1.41 bits per heavy atom. The first-order chi connectivity index (χ1) is 8.19. The summed E-state index contributed by atoms with van der Waals surface area (Å²) in [6, 6.07) is -0.566. The largest absolute Gasteiger partial charge is 0.343 e. The molecule has 0 spiro atoms. The third-order valence-corrected chi connectivity index (χ3v) is 3.52. The lowest BCUT2D eigenvalue weighted by Crippen LogP contribution is -2.63. The summed E-state index contributed by atoms with van der Waals surface area (Å²) in [7, 11) is 0. The van der Waals surface area contributed by atoms with E-state index in [0.717, 1.165) is 12.8 Å². The van der Waals surface area contributed by atoms with Crippen LogP contribution >= 0.6 is 0 Å². The highest BCUT2D eigenvalue weighted by atomic mass is 16.2. The number of allylic oxidation sites excluding steroid dienone is 1. The molecule has 2 fully saturated rings. The standard InChI is InChI=1S/C13H20N2O2/c1-3-5-8-15-11(9-6-7-9)12(16)14-10(4-2)13(15)17/h3,5,9-11H,4,6-8H2,1-2H3,(H,14,16)/b5-3+. The molecule has 0 radical (unpaired) electrons. The van der Waals surface area contributed by atoms with Gasteiger partial charge < -0.3 is 10.2 Å². The van der Waals surface area contributed by atoms with Crippen molar-refractivity contribution in [3.63, 3.8) is 0 Å². The molecule has 4 nitrogen and oxygen atoms in total. The lowest BCUT2D eigenvalue weighted by Gasteiger charge is -2.38. The summed E-state index contributed by atoms with van der Waals surface area (Å²) in [6.07, 6.45) is 6.65. The smallest absolute Gasteiger partial charge is 0.246 e. The van der Waals surface area contributed by atoms with Gasteiger partial charge in [0, 0.05) is 6.54 Å². The van der Waals surface area contributed by atoms with E-state index in [1.54, 1.807) is 4.90 Å². The molecule has 4 heteroatoms. The molecule has 1 saturated heterocycles. The highest BCUT2D eigenvalue weighted by Gasteiger charge is 2.46. The molecule has 0 aromatic heterocycles. The van der Waals surface area contributed by atoms with Crippen molar-refractivity contribution in [1.29, 1.82) is 0 Å². The Morgan fingerprint density at radius 2 is 2.12 bits per heavy atom. The van der Waals surface area contributed by atoms with Crippen LogP contribution in [0.1, 0.15) is 33.1 Å². The first-order valence-electron chi connectivity index (χ1n) is 6.41. The molecule has 2 atom stereocenters. The molecule has 94 valence electrons. The number of carbonyl (C=O) groups excluding carboxylic acids is 2. The van der Waals surface area contributed by atoms with E-state index in [0.29, 0.717) is 18.9 Å². The van der Waals surface area contributed by atoms with Crippen molar-refractivity contribution >= 4 is 11.8 Å². The van der Waals surface area contributed by atoms with Crippen LogP contribution in [0.3, 0.4) is 0 Å². The topological polar surface area (TPSA) is 49.4 Å². The maximum atomic E-state index is 12.2. The highest BCUT2D eigenvalue weighted by Crippen LogP contribution is 2.37. The average Bonchev–Trinajstić information content (AvgIpc) is 3.13. The second-order valence-corrected chi connectivity index (χ2v) is 4.81. The predicted octanol–water partition coefficient (Wildman–Crippen LogP) is 1.08. The second-order valence-electron chi connectivity index (χ2n) is 4.81. The van der Waals surface area contributed by atoms with Crippen LogP contribution in [0, 0.1) is 5.92 Å². The van der Waals surface area contributed by atoms with Gasteiger partial charge in [-0.3, -0.25) is 9.59 Å². The van der Waals surface area contributed by atoms with Gasteiger partial charge >= 0.3 is 0 Å². The van der Waals surface area contributed by atoms with Crippen molar-refractivity contribution in [2.45, 2.75) is 45.2 Å². The highest BCUT2D eigenvalue weighted by molar-refractivity contribution is 5.97. The van der Waals surface area contributed by atoms with Crippen LogP contribution in [-0.2, 0) is 9.59 Å². The second kappa shape index (κ2) is 4.90. The van der Waals surface area contributed by atoms with E-state index in [1.807, 2.05) is 26.0 Å². The average molecular weight is 236 g/mol. The van der Waals surface area contributed by atoms with E-state index in [9.17, 15) is 9.59 Å². The molecule has 0 bridgehead atoms. The summed E-state index contributed by atoms with van der Waals surface area (Å²) in [4.78, 5) is 26.0. The Labute approximate surface area is 102 Å². The fourth-order valence-electron chi connectivity index (χ4n) is 2.38. The molecule has 1 saturated carbocycles. The maximum absolute atomic E-state index is 12.2. The van der Waals surface area contributed by atoms with E-state index < -0.39 is 0 Å². The summed E-state index contributed by atoms with van der Waals surface area (Å²) in [5.74, 6) is 0.479. The van der Waals surface area contributed by atoms with E-state index in [4.69, 9.17) is 0 Å². The normalized spacial score (nSPS) is 29.9. The van der Waals surface area contributed by atoms with Gasteiger partial charge in [0.2, 0.25) is 11.8 Å². The first kappa shape index (κ1) is 12.1. The molecular formula is C13H20N2O2. The minimum atomic E-state index is -0.331. The van der Waals surface area contributed by atoms with Crippen LogP contribution < -0.4 is 5.32 Å². The number of amides is 2. The lowest BCUT2D eigenvalue weighted by atomic mass is 10.0. The van der Waals surface area contributed by atoms with Crippen LogP contribution in [0.25, 0.3) is 0 Å². The minimum Gasteiger partial charge on any atom is -0.343 e. The molecule has 1 aliphatic heterocycles. The number of nitrogens with one attached hydrogen (secondary N) is 1. The number of carbonyl (C=O) groups is 2. The summed E-state index contributed by atoms with van der Waals surface area (Å²) in [5, 5.41) is 2.84. The van der Waals surface area contributed by atoms with E-state index >= 15 is 0 Å². The van der Waals surface area contributed by atoms with E-state index in [2.05, 4.69) is 5.32 Å². The number of piperazine rings is 1. The fraction of sp³-hybridized carbons (Fsp3) is 0.692. The van der Waals surface area contributed by atoms with Gasteiger partial charge in [0.25, 0.3) is 0 Å². The van der Waals surface area contributed by atoms with Crippen molar-refractivity contribution in [2.75, 3.05) is 6.54 Å². The van der Waals surface area contributed by atoms with Gasteiger partial charge in [0.15, 0.2) is 0 Å². The summed E-state index contributed by atoms with van der Waals surface area (Å²) >= 11 is 0. The van der Waals surface area contributed by atoms with Gasteiger partial charge in [0.05, 0.1) is 0 Å². The Morgan fingerprint density at radius 3 is 2.65 bits per heavy atom. The predicted molar refractivity (Wildman–Crippen MR) is 65.3 cm³/mol. The van der Waals surface area contributed by atoms with Gasteiger partial charge in [0.1, 0.15) is 12.1 Å². The first-order valence-corrected chi connectivity index (χ1v) is 6.41. The van der Waals surface area contributed by atoms with Crippen LogP contribution in [-0.4, -0.2) is 35.3 Å². The molecular weight excluding hydrogens is 216 g/mol. The zero-order valence-corrected chi connectivity index (χ0v) is 10.5.